The largest absolute Gasteiger partial charge is 0.394 e. The number of allylic oxidation sites excluding steroid dienone is 2. The number of aliphatic hydroxyl groups is 3. The molecule has 0 aromatic heterocycles. The molecule has 1 aliphatic heterocycles. The summed E-state index contributed by atoms with van der Waals surface area (Å²) in [6, 6.07) is 0. The summed E-state index contributed by atoms with van der Waals surface area (Å²) in [7, 11) is 0. The third kappa shape index (κ3) is 12.7. The zero-order chi connectivity index (χ0) is 21.2. The molecule has 172 valence electrons. The summed E-state index contributed by atoms with van der Waals surface area (Å²) in [5.41, 5.74) is 0. The Morgan fingerprint density at radius 1 is 0.828 bits per heavy atom. The van der Waals surface area contributed by atoms with Gasteiger partial charge >= 0.3 is 0 Å². The van der Waals surface area contributed by atoms with Crippen LogP contribution in [-0.4, -0.2) is 59.6 Å². The van der Waals surface area contributed by atoms with Crippen molar-refractivity contribution in [1.82, 2.24) is 0 Å². The van der Waals surface area contributed by atoms with Crippen molar-refractivity contribution in [2.24, 2.45) is 0 Å². The van der Waals surface area contributed by atoms with Gasteiger partial charge in [-0.25, -0.2) is 0 Å². The van der Waals surface area contributed by atoms with Crippen LogP contribution in [0, 0.1) is 0 Å². The van der Waals surface area contributed by atoms with Crippen LogP contribution in [0.3, 0.4) is 0 Å². The average molecular weight is 415 g/mol. The quantitative estimate of drug-likeness (QED) is 0.227. The van der Waals surface area contributed by atoms with Gasteiger partial charge in [-0.2, -0.15) is 0 Å². The Balaban J connectivity index is 1.88. The molecule has 5 heteroatoms. The molecule has 29 heavy (non-hydrogen) atoms. The van der Waals surface area contributed by atoms with E-state index < -0.39 is 24.4 Å². The molecule has 1 rings (SSSR count). The SMILES string of the molecule is CCCCCCCCCCCC/C=C/CCCCO[C@H]1[C@H](O)[C@@H](CO)OC[C@@H]1O. The molecule has 4 atom stereocenters. The van der Waals surface area contributed by atoms with Crippen molar-refractivity contribution in [3.8, 4) is 0 Å². The van der Waals surface area contributed by atoms with Gasteiger partial charge in [-0.15, -0.1) is 0 Å². The average Bonchev–Trinajstić information content (AvgIpc) is 2.72. The van der Waals surface area contributed by atoms with Crippen LogP contribution in [0.1, 0.15) is 96.8 Å². The maximum atomic E-state index is 10.1. The number of aliphatic hydroxyl groups excluding tert-OH is 3. The zero-order valence-corrected chi connectivity index (χ0v) is 18.6. The molecule has 0 amide bonds. The Morgan fingerprint density at radius 2 is 1.38 bits per heavy atom. The maximum Gasteiger partial charge on any atom is 0.114 e. The molecule has 0 aromatic carbocycles. The fourth-order valence-corrected chi connectivity index (χ4v) is 3.79. The summed E-state index contributed by atoms with van der Waals surface area (Å²) in [4.78, 5) is 0. The zero-order valence-electron chi connectivity index (χ0n) is 18.6. The van der Waals surface area contributed by atoms with Gasteiger partial charge < -0.3 is 24.8 Å². The van der Waals surface area contributed by atoms with Crippen molar-refractivity contribution in [1.29, 1.82) is 0 Å². The van der Waals surface area contributed by atoms with Crippen LogP contribution < -0.4 is 0 Å². The highest BCUT2D eigenvalue weighted by Crippen LogP contribution is 2.19. The van der Waals surface area contributed by atoms with E-state index in [1.807, 2.05) is 0 Å². The highest BCUT2D eigenvalue weighted by Gasteiger charge is 2.38. The van der Waals surface area contributed by atoms with Crippen molar-refractivity contribution in [2.45, 2.75) is 121 Å². The van der Waals surface area contributed by atoms with Gasteiger partial charge in [0.25, 0.3) is 0 Å². The summed E-state index contributed by atoms with van der Waals surface area (Å²) in [5, 5.41) is 29.1. The molecule has 1 heterocycles. The van der Waals surface area contributed by atoms with Crippen LogP contribution in [0.2, 0.25) is 0 Å². The van der Waals surface area contributed by atoms with Crippen LogP contribution >= 0.6 is 0 Å². The van der Waals surface area contributed by atoms with Gasteiger partial charge in [0.2, 0.25) is 0 Å². The molecule has 0 aromatic rings. The maximum absolute atomic E-state index is 10.1. The van der Waals surface area contributed by atoms with E-state index in [1.54, 1.807) is 0 Å². The van der Waals surface area contributed by atoms with Crippen LogP contribution in [0.15, 0.2) is 12.2 Å². The smallest absolute Gasteiger partial charge is 0.114 e. The second-order valence-corrected chi connectivity index (χ2v) is 8.39. The third-order valence-corrected chi connectivity index (χ3v) is 5.72. The first-order valence-electron chi connectivity index (χ1n) is 12.1. The van der Waals surface area contributed by atoms with Gasteiger partial charge in [0.05, 0.1) is 13.2 Å². The lowest BCUT2D eigenvalue weighted by atomic mass is 10.0. The minimum absolute atomic E-state index is 0.0919. The molecule has 1 saturated heterocycles. The Labute approximate surface area is 178 Å². The first kappa shape index (κ1) is 26.6. The molecule has 1 aliphatic rings. The predicted octanol–water partition coefficient (Wildman–Crippen LogP) is 4.52. The summed E-state index contributed by atoms with van der Waals surface area (Å²) in [5.74, 6) is 0. The van der Waals surface area contributed by atoms with E-state index in [9.17, 15) is 10.2 Å². The number of hydrogen-bond donors (Lipinski definition) is 3. The Bertz CT molecular complexity index is 387. The second kappa shape index (κ2) is 18.3. The van der Waals surface area contributed by atoms with E-state index >= 15 is 0 Å². The monoisotopic (exact) mass is 414 g/mol. The van der Waals surface area contributed by atoms with E-state index in [0.717, 1.165) is 19.3 Å². The molecule has 0 spiro atoms. The van der Waals surface area contributed by atoms with Gasteiger partial charge in [-0.3, -0.25) is 0 Å². The fraction of sp³-hybridized carbons (Fsp3) is 0.917. The van der Waals surface area contributed by atoms with E-state index in [1.165, 1.54) is 70.6 Å². The summed E-state index contributed by atoms with van der Waals surface area (Å²) in [6.07, 6.45) is 19.3. The van der Waals surface area contributed by atoms with Crippen molar-refractivity contribution in [3.63, 3.8) is 0 Å². The highest BCUT2D eigenvalue weighted by molar-refractivity contribution is 4.87. The topological polar surface area (TPSA) is 79.2 Å². The Morgan fingerprint density at radius 3 is 1.97 bits per heavy atom. The van der Waals surface area contributed by atoms with Crippen LogP contribution in [0.25, 0.3) is 0 Å². The molecule has 0 unspecified atom stereocenters. The van der Waals surface area contributed by atoms with Gasteiger partial charge in [0.15, 0.2) is 0 Å². The van der Waals surface area contributed by atoms with E-state index in [-0.39, 0.29) is 13.2 Å². The minimum Gasteiger partial charge on any atom is -0.394 e. The van der Waals surface area contributed by atoms with Gasteiger partial charge in [0.1, 0.15) is 24.4 Å². The minimum atomic E-state index is -0.982. The van der Waals surface area contributed by atoms with E-state index in [4.69, 9.17) is 14.6 Å². The summed E-state index contributed by atoms with van der Waals surface area (Å²) in [6.45, 7) is 2.60. The lowest BCUT2D eigenvalue weighted by molar-refractivity contribution is -0.210. The van der Waals surface area contributed by atoms with Crippen molar-refractivity contribution < 1.29 is 24.8 Å². The van der Waals surface area contributed by atoms with Gasteiger partial charge in [0, 0.05) is 6.61 Å². The first-order chi connectivity index (χ1) is 14.2. The fourth-order valence-electron chi connectivity index (χ4n) is 3.79. The highest BCUT2D eigenvalue weighted by atomic mass is 16.6. The molecular formula is C24H46O5. The van der Waals surface area contributed by atoms with E-state index in [2.05, 4.69) is 19.1 Å². The number of ether oxygens (including phenoxy) is 2. The summed E-state index contributed by atoms with van der Waals surface area (Å²) < 4.78 is 10.8. The summed E-state index contributed by atoms with van der Waals surface area (Å²) >= 11 is 0. The Hall–Kier alpha value is -0.460. The van der Waals surface area contributed by atoms with E-state index in [0.29, 0.717) is 6.61 Å². The molecular weight excluding hydrogens is 368 g/mol. The van der Waals surface area contributed by atoms with Crippen molar-refractivity contribution in [3.05, 3.63) is 12.2 Å². The first-order valence-corrected chi connectivity index (χ1v) is 12.1. The van der Waals surface area contributed by atoms with Gasteiger partial charge in [-0.05, 0) is 32.1 Å². The molecule has 0 saturated carbocycles. The van der Waals surface area contributed by atoms with Crippen molar-refractivity contribution in [2.75, 3.05) is 19.8 Å². The predicted molar refractivity (Wildman–Crippen MR) is 118 cm³/mol. The molecule has 0 aliphatic carbocycles. The molecule has 0 radical (unpaired) electrons. The van der Waals surface area contributed by atoms with Crippen molar-refractivity contribution >= 4 is 0 Å². The van der Waals surface area contributed by atoms with Gasteiger partial charge in [-0.1, -0.05) is 76.9 Å². The Kier molecular flexibility index (Phi) is 16.8. The molecule has 3 N–H and O–H groups in total. The molecule has 5 nitrogen and oxygen atoms in total. The van der Waals surface area contributed by atoms with Crippen LogP contribution in [0.4, 0.5) is 0 Å². The second-order valence-electron chi connectivity index (χ2n) is 8.39. The van der Waals surface area contributed by atoms with Crippen LogP contribution in [-0.2, 0) is 9.47 Å². The standard InChI is InChI=1S/C24H46O5/c1-2-3-4-5-6-7-8-9-10-11-12-13-14-15-16-17-18-28-24-21(26)20-29-22(19-25)23(24)27/h13-14,21-27H,2-12,15-20H2,1H3/b14-13+/t21-,22+,23+,24+/m0/s1. The number of unbranched alkanes of at least 4 members (excludes halogenated alkanes) is 12. The number of hydrogen-bond acceptors (Lipinski definition) is 5. The third-order valence-electron chi connectivity index (χ3n) is 5.72. The number of rotatable bonds is 18. The lowest BCUT2D eigenvalue weighted by Gasteiger charge is -2.37. The molecule has 1 fully saturated rings. The molecule has 0 bridgehead atoms. The van der Waals surface area contributed by atoms with Crippen LogP contribution in [0.5, 0.6) is 0 Å². The lowest BCUT2D eigenvalue weighted by Crippen LogP contribution is -2.55. The normalized spacial score (nSPS) is 25.1.